The third-order valence-corrected chi connectivity index (χ3v) is 5.74. The summed E-state index contributed by atoms with van der Waals surface area (Å²) in [6.07, 6.45) is 1.41. The van der Waals surface area contributed by atoms with Gasteiger partial charge in [0.1, 0.15) is 23.0 Å². The summed E-state index contributed by atoms with van der Waals surface area (Å²) in [5.74, 6) is 0.479. The fraction of sp³-hybridized carbons (Fsp3) is 0.154. The first-order chi connectivity index (χ1) is 17.5. The van der Waals surface area contributed by atoms with Crippen molar-refractivity contribution in [3.05, 3.63) is 88.3 Å². The highest BCUT2D eigenvalue weighted by Gasteiger charge is 2.21. The smallest absolute Gasteiger partial charge is 0.324 e. The van der Waals surface area contributed by atoms with E-state index < -0.39 is 11.9 Å². The molecule has 3 amide bonds. The van der Waals surface area contributed by atoms with Gasteiger partial charge in [-0.25, -0.2) is 9.48 Å². The van der Waals surface area contributed by atoms with E-state index in [-0.39, 0.29) is 16.1 Å². The summed E-state index contributed by atoms with van der Waals surface area (Å²) >= 11 is 12.4. The van der Waals surface area contributed by atoms with E-state index in [1.165, 1.54) is 12.3 Å². The molecule has 2 aromatic carbocycles. The van der Waals surface area contributed by atoms with Crippen molar-refractivity contribution in [3.63, 3.8) is 0 Å². The van der Waals surface area contributed by atoms with Gasteiger partial charge in [0, 0.05) is 34.5 Å². The summed E-state index contributed by atoms with van der Waals surface area (Å²) in [7, 11) is 0. The molecule has 37 heavy (non-hydrogen) atoms. The highest BCUT2D eigenvalue weighted by molar-refractivity contribution is 6.32. The molecule has 0 fully saturated rings. The van der Waals surface area contributed by atoms with Gasteiger partial charge in [-0.2, -0.15) is 5.10 Å². The number of nitrogens with two attached hydrogens (primary N) is 1. The molecular weight excluding hydrogens is 515 g/mol. The first kappa shape index (κ1) is 26.0. The van der Waals surface area contributed by atoms with Gasteiger partial charge in [0.2, 0.25) is 0 Å². The molecule has 0 aliphatic heterocycles. The van der Waals surface area contributed by atoms with Gasteiger partial charge < -0.3 is 15.8 Å². The molecule has 0 radical (unpaired) electrons. The average molecular weight is 539 g/mol. The zero-order valence-corrected chi connectivity index (χ0v) is 21.8. The Morgan fingerprint density at radius 1 is 0.973 bits per heavy atom. The van der Waals surface area contributed by atoms with Crippen LogP contribution in [-0.2, 0) is 5.41 Å². The minimum absolute atomic E-state index is 0.0658. The number of anilines is 2. The SMILES string of the molecule is CC(C)(C)c1cc(NC(=O)Nc2ccc(Oc3ccnc(C(N)=O)c3)c(Cl)c2)n(-c2ccc(Cl)cc2)n1. The minimum atomic E-state index is -0.672. The van der Waals surface area contributed by atoms with Crippen LogP contribution in [0.15, 0.2) is 66.9 Å². The van der Waals surface area contributed by atoms with Gasteiger partial charge in [-0.15, -0.1) is 0 Å². The summed E-state index contributed by atoms with van der Waals surface area (Å²) in [6, 6.07) is 16.2. The first-order valence-electron chi connectivity index (χ1n) is 11.2. The van der Waals surface area contributed by atoms with Gasteiger partial charge >= 0.3 is 6.03 Å². The first-order valence-corrected chi connectivity index (χ1v) is 11.9. The van der Waals surface area contributed by atoms with Crippen molar-refractivity contribution in [1.29, 1.82) is 0 Å². The van der Waals surface area contributed by atoms with Gasteiger partial charge in [-0.3, -0.25) is 15.1 Å². The molecule has 190 valence electrons. The number of nitrogens with one attached hydrogen (secondary N) is 2. The number of halogens is 2. The average Bonchev–Trinajstić information content (AvgIpc) is 3.25. The van der Waals surface area contributed by atoms with Crippen LogP contribution in [-0.4, -0.2) is 26.7 Å². The van der Waals surface area contributed by atoms with E-state index >= 15 is 0 Å². The van der Waals surface area contributed by atoms with Crippen molar-refractivity contribution in [2.45, 2.75) is 26.2 Å². The molecule has 4 N–H and O–H groups in total. The molecule has 0 bridgehead atoms. The topological polar surface area (TPSA) is 124 Å². The van der Waals surface area contributed by atoms with Crippen LogP contribution in [0.4, 0.5) is 16.3 Å². The fourth-order valence-corrected chi connectivity index (χ4v) is 3.64. The van der Waals surface area contributed by atoms with Crippen LogP contribution in [0, 0.1) is 0 Å². The summed E-state index contributed by atoms with van der Waals surface area (Å²) in [5, 5.41) is 11.1. The summed E-state index contributed by atoms with van der Waals surface area (Å²) in [4.78, 5) is 28.1. The number of amides is 3. The molecule has 0 saturated carbocycles. The number of hydrogen-bond donors (Lipinski definition) is 3. The second-order valence-corrected chi connectivity index (χ2v) is 9.96. The Bertz CT molecular complexity index is 1460. The third-order valence-electron chi connectivity index (χ3n) is 5.19. The molecule has 0 saturated heterocycles. The van der Waals surface area contributed by atoms with Crippen LogP contribution in [0.1, 0.15) is 37.0 Å². The predicted octanol–water partition coefficient (Wildman–Crippen LogP) is 6.41. The number of carbonyl (C=O) groups excluding carboxylic acids is 2. The molecule has 9 nitrogen and oxygen atoms in total. The second kappa shape index (κ2) is 10.5. The Kier molecular flexibility index (Phi) is 7.37. The maximum absolute atomic E-state index is 12.9. The van der Waals surface area contributed by atoms with E-state index in [0.29, 0.717) is 28.0 Å². The number of ether oxygens (including phenoxy) is 1. The molecule has 11 heteroatoms. The predicted molar refractivity (Wildman–Crippen MR) is 144 cm³/mol. The van der Waals surface area contributed by atoms with Crippen LogP contribution in [0.2, 0.25) is 10.0 Å². The Labute approximate surface area is 223 Å². The minimum Gasteiger partial charge on any atom is -0.456 e. The van der Waals surface area contributed by atoms with Crippen LogP contribution in [0.3, 0.4) is 0 Å². The lowest BCUT2D eigenvalue weighted by atomic mass is 9.92. The molecule has 0 aliphatic rings. The molecule has 0 atom stereocenters. The van der Waals surface area contributed by atoms with Gasteiger partial charge in [-0.05, 0) is 48.5 Å². The van der Waals surface area contributed by atoms with Crippen LogP contribution >= 0.6 is 23.2 Å². The van der Waals surface area contributed by atoms with Gasteiger partial charge in [-0.1, -0.05) is 44.0 Å². The number of pyridine rings is 1. The maximum atomic E-state index is 12.9. The van der Waals surface area contributed by atoms with E-state index in [2.05, 4.69) is 20.7 Å². The van der Waals surface area contributed by atoms with Crippen LogP contribution in [0.5, 0.6) is 11.5 Å². The normalized spacial score (nSPS) is 11.2. The fourth-order valence-electron chi connectivity index (χ4n) is 3.29. The van der Waals surface area contributed by atoms with Gasteiger partial charge in [0.05, 0.1) is 16.4 Å². The molecule has 0 spiro atoms. The lowest BCUT2D eigenvalue weighted by Gasteiger charge is -2.14. The summed E-state index contributed by atoms with van der Waals surface area (Å²) in [6.45, 7) is 6.12. The summed E-state index contributed by atoms with van der Waals surface area (Å²) < 4.78 is 7.38. The van der Waals surface area contributed by atoms with E-state index in [0.717, 1.165) is 11.4 Å². The van der Waals surface area contributed by atoms with Crippen molar-refractivity contribution in [2.75, 3.05) is 10.6 Å². The van der Waals surface area contributed by atoms with Crippen molar-refractivity contribution in [2.24, 2.45) is 5.73 Å². The number of primary amides is 1. The molecular formula is C26H24Cl2N6O3. The molecule has 0 unspecified atom stereocenters. The monoisotopic (exact) mass is 538 g/mol. The van der Waals surface area contributed by atoms with Crippen LogP contribution < -0.4 is 21.1 Å². The largest absolute Gasteiger partial charge is 0.456 e. The van der Waals surface area contributed by atoms with Crippen molar-refractivity contribution < 1.29 is 14.3 Å². The van der Waals surface area contributed by atoms with E-state index in [1.54, 1.807) is 41.1 Å². The number of benzene rings is 2. The van der Waals surface area contributed by atoms with Crippen molar-refractivity contribution in [1.82, 2.24) is 14.8 Å². The maximum Gasteiger partial charge on any atom is 0.324 e. The van der Waals surface area contributed by atoms with Crippen molar-refractivity contribution in [3.8, 4) is 17.2 Å². The Hall–Kier alpha value is -4.08. The lowest BCUT2D eigenvalue weighted by molar-refractivity contribution is 0.0995. The zero-order chi connectivity index (χ0) is 26.7. The zero-order valence-electron chi connectivity index (χ0n) is 20.3. The molecule has 4 rings (SSSR count). The number of carbonyl (C=O) groups is 2. The lowest BCUT2D eigenvalue weighted by Crippen LogP contribution is -2.21. The second-order valence-electron chi connectivity index (χ2n) is 9.12. The number of rotatable bonds is 6. The third kappa shape index (κ3) is 6.38. The quantitative estimate of drug-likeness (QED) is 0.261. The van der Waals surface area contributed by atoms with E-state index in [4.69, 9.17) is 33.7 Å². The van der Waals surface area contributed by atoms with Gasteiger partial charge in [0.15, 0.2) is 0 Å². The number of hydrogen-bond acceptors (Lipinski definition) is 5. The highest BCUT2D eigenvalue weighted by Crippen LogP contribution is 2.32. The molecule has 2 heterocycles. The highest BCUT2D eigenvalue weighted by atomic mass is 35.5. The standard InChI is InChI=1S/C26H24Cl2N6O3/c1-26(2,3)22-14-23(34(33-22)17-7-4-15(27)5-8-17)32-25(36)31-16-6-9-21(19(28)12-16)37-18-10-11-30-20(13-18)24(29)35/h4-14H,1-3H3,(H2,29,35)(H2,31,32,36). The molecule has 2 aromatic heterocycles. The van der Waals surface area contributed by atoms with Crippen LogP contribution in [0.25, 0.3) is 5.69 Å². The summed E-state index contributed by atoms with van der Waals surface area (Å²) in [5.41, 5.74) is 7.08. The Morgan fingerprint density at radius 2 is 1.70 bits per heavy atom. The number of aromatic nitrogens is 3. The Morgan fingerprint density at radius 3 is 2.35 bits per heavy atom. The van der Waals surface area contributed by atoms with E-state index in [9.17, 15) is 9.59 Å². The van der Waals surface area contributed by atoms with Crippen molar-refractivity contribution >= 4 is 46.6 Å². The van der Waals surface area contributed by atoms with Gasteiger partial charge in [0.25, 0.3) is 5.91 Å². The molecule has 0 aliphatic carbocycles. The van der Waals surface area contributed by atoms with E-state index in [1.807, 2.05) is 39.0 Å². The molecule has 4 aromatic rings. The Balaban J connectivity index is 1.50. The number of urea groups is 1. The number of nitrogens with zero attached hydrogens (tertiary/aromatic N) is 3.